The van der Waals surface area contributed by atoms with Crippen molar-refractivity contribution in [2.24, 2.45) is 0 Å². The van der Waals surface area contributed by atoms with E-state index in [0.717, 1.165) is 12.8 Å². The van der Waals surface area contributed by atoms with Crippen LogP contribution in [0.15, 0.2) is 35.2 Å². The molecule has 1 aromatic rings. The molecule has 0 aliphatic carbocycles. The van der Waals surface area contributed by atoms with E-state index in [1.807, 2.05) is 0 Å². The molecular weight excluding hydrogens is 352 g/mol. The summed E-state index contributed by atoms with van der Waals surface area (Å²) in [5.41, 5.74) is 0. The van der Waals surface area contributed by atoms with Crippen LogP contribution in [0.4, 0.5) is 0 Å². The normalized spacial score (nSPS) is 11.2. The van der Waals surface area contributed by atoms with Gasteiger partial charge in [0.05, 0.1) is 11.5 Å². The van der Waals surface area contributed by atoms with Gasteiger partial charge < -0.3 is 0 Å². The number of hydrogen-bond acceptors (Lipinski definition) is 3. The first-order valence-corrected chi connectivity index (χ1v) is 10.0. The van der Waals surface area contributed by atoms with Crippen molar-refractivity contribution in [1.29, 1.82) is 0 Å². The summed E-state index contributed by atoms with van der Waals surface area (Å²) in [4.78, 5) is 0.238. The SMILES string of the molecule is CCCCCCCCCCCCOS(=O)(=O)c1ccccc1.[Fe]. The molecule has 0 atom stereocenters. The third kappa shape index (κ3) is 10.9. The predicted molar refractivity (Wildman–Crippen MR) is 91.4 cm³/mol. The molecular formula is C18H30FeO3S. The first kappa shape index (κ1) is 22.6. The second kappa shape index (κ2) is 14.0. The molecule has 0 radical (unpaired) electrons. The van der Waals surface area contributed by atoms with Crippen LogP contribution in [0, 0.1) is 0 Å². The van der Waals surface area contributed by atoms with Crippen LogP contribution in [0.5, 0.6) is 0 Å². The van der Waals surface area contributed by atoms with Crippen molar-refractivity contribution >= 4 is 10.1 Å². The van der Waals surface area contributed by atoms with Crippen molar-refractivity contribution in [3.05, 3.63) is 30.3 Å². The molecule has 0 fully saturated rings. The molecule has 0 heterocycles. The van der Waals surface area contributed by atoms with Gasteiger partial charge in [-0.25, -0.2) is 0 Å². The minimum Gasteiger partial charge on any atom is -0.266 e. The summed E-state index contributed by atoms with van der Waals surface area (Å²) in [5.74, 6) is 0. The van der Waals surface area contributed by atoms with Crippen molar-refractivity contribution in [1.82, 2.24) is 0 Å². The van der Waals surface area contributed by atoms with Gasteiger partial charge in [-0.2, -0.15) is 8.42 Å². The van der Waals surface area contributed by atoms with E-state index in [1.165, 1.54) is 51.4 Å². The molecule has 0 amide bonds. The van der Waals surface area contributed by atoms with E-state index in [2.05, 4.69) is 6.92 Å². The molecule has 1 aromatic carbocycles. The van der Waals surface area contributed by atoms with Gasteiger partial charge in [0.15, 0.2) is 0 Å². The van der Waals surface area contributed by atoms with Crippen LogP contribution in [0.3, 0.4) is 0 Å². The second-order valence-corrected chi connectivity index (χ2v) is 7.39. The van der Waals surface area contributed by atoms with E-state index in [0.29, 0.717) is 0 Å². The molecule has 0 saturated heterocycles. The smallest absolute Gasteiger partial charge is 0.266 e. The summed E-state index contributed by atoms with van der Waals surface area (Å²) in [6.45, 7) is 2.52. The quantitative estimate of drug-likeness (QED) is 0.264. The third-order valence-corrected chi connectivity index (χ3v) is 5.09. The monoisotopic (exact) mass is 382 g/mol. The summed E-state index contributed by atoms with van der Waals surface area (Å²) in [7, 11) is -3.57. The Hall–Kier alpha value is -0.351. The molecule has 3 nitrogen and oxygen atoms in total. The molecule has 0 aromatic heterocycles. The molecule has 0 aliphatic rings. The summed E-state index contributed by atoms with van der Waals surface area (Å²) in [6.07, 6.45) is 12.3. The second-order valence-electron chi connectivity index (χ2n) is 5.77. The van der Waals surface area contributed by atoms with E-state index in [1.54, 1.807) is 30.3 Å². The first-order chi connectivity index (χ1) is 10.7. The fourth-order valence-corrected chi connectivity index (χ4v) is 3.38. The first-order valence-electron chi connectivity index (χ1n) is 8.61. The van der Waals surface area contributed by atoms with Crippen molar-refractivity contribution in [3.8, 4) is 0 Å². The zero-order chi connectivity index (χ0) is 16.1. The summed E-state index contributed by atoms with van der Waals surface area (Å²) < 4.78 is 28.8. The van der Waals surface area contributed by atoms with E-state index in [4.69, 9.17) is 4.18 Å². The standard InChI is InChI=1S/C18H30O3S.Fe/c1-2-3-4-5-6-7-8-9-10-14-17-21-22(19,20)18-15-12-11-13-16-18;/h11-13,15-16H,2-10,14,17H2,1H3;. The average molecular weight is 382 g/mol. The predicted octanol–water partition coefficient (Wildman–Crippen LogP) is 5.31. The maximum Gasteiger partial charge on any atom is 0.296 e. The van der Waals surface area contributed by atoms with Crippen LogP contribution < -0.4 is 0 Å². The summed E-state index contributed by atoms with van der Waals surface area (Å²) in [5, 5.41) is 0. The average Bonchev–Trinajstić information content (AvgIpc) is 2.53. The third-order valence-electron chi connectivity index (χ3n) is 3.77. The van der Waals surface area contributed by atoms with Gasteiger partial charge in [0.1, 0.15) is 0 Å². The summed E-state index contributed by atoms with van der Waals surface area (Å²) in [6, 6.07) is 8.33. The molecule has 0 spiro atoms. The molecule has 134 valence electrons. The maximum atomic E-state index is 11.9. The van der Waals surface area contributed by atoms with Gasteiger partial charge in [0, 0.05) is 17.1 Å². The zero-order valence-electron chi connectivity index (χ0n) is 14.2. The maximum absolute atomic E-state index is 11.9. The van der Waals surface area contributed by atoms with Crippen LogP contribution in [0.1, 0.15) is 71.1 Å². The molecule has 0 unspecified atom stereocenters. The molecule has 0 aliphatic heterocycles. The Kier molecular flexibility index (Phi) is 13.8. The van der Waals surface area contributed by atoms with Gasteiger partial charge in [-0.05, 0) is 18.6 Å². The van der Waals surface area contributed by atoms with E-state index >= 15 is 0 Å². The van der Waals surface area contributed by atoms with Crippen molar-refractivity contribution in [2.75, 3.05) is 6.61 Å². The van der Waals surface area contributed by atoms with E-state index in [9.17, 15) is 8.42 Å². The van der Waals surface area contributed by atoms with Gasteiger partial charge in [0.25, 0.3) is 10.1 Å². The largest absolute Gasteiger partial charge is 0.296 e. The molecule has 0 bridgehead atoms. The van der Waals surface area contributed by atoms with E-state index in [-0.39, 0.29) is 28.6 Å². The molecule has 0 N–H and O–H groups in total. The topological polar surface area (TPSA) is 43.4 Å². The fourth-order valence-electron chi connectivity index (χ4n) is 2.41. The zero-order valence-corrected chi connectivity index (χ0v) is 16.1. The Morgan fingerprint density at radius 1 is 0.783 bits per heavy atom. The summed E-state index contributed by atoms with van der Waals surface area (Å²) >= 11 is 0. The molecule has 5 heteroatoms. The van der Waals surface area contributed by atoms with Crippen LogP contribution in [-0.2, 0) is 31.4 Å². The minimum absolute atomic E-state index is 0. The van der Waals surface area contributed by atoms with Gasteiger partial charge in [-0.1, -0.05) is 82.9 Å². The Morgan fingerprint density at radius 2 is 1.26 bits per heavy atom. The molecule has 0 saturated carbocycles. The van der Waals surface area contributed by atoms with Crippen molar-refractivity contribution < 1.29 is 29.7 Å². The minimum atomic E-state index is -3.57. The number of unbranched alkanes of at least 4 members (excludes halogenated alkanes) is 9. The van der Waals surface area contributed by atoms with Crippen LogP contribution >= 0.6 is 0 Å². The van der Waals surface area contributed by atoms with Gasteiger partial charge in [0.2, 0.25) is 0 Å². The van der Waals surface area contributed by atoms with E-state index < -0.39 is 10.1 Å². The van der Waals surface area contributed by atoms with Crippen LogP contribution in [0.2, 0.25) is 0 Å². The van der Waals surface area contributed by atoms with Crippen molar-refractivity contribution in [2.45, 2.75) is 76.0 Å². The fraction of sp³-hybridized carbons (Fsp3) is 0.667. The van der Waals surface area contributed by atoms with Gasteiger partial charge in [-0.3, -0.25) is 4.18 Å². The number of benzene rings is 1. The Morgan fingerprint density at radius 3 is 1.78 bits per heavy atom. The van der Waals surface area contributed by atoms with Crippen LogP contribution in [0.25, 0.3) is 0 Å². The molecule has 23 heavy (non-hydrogen) atoms. The van der Waals surface area contributed by atoms with Crippen molar-refractivity contribution in [3.63, 3.8) is 0 Å². The number of rotatable bonds is 13. The Labute approximate surface area is 152 Å². The number of hydrogen-bond donors (Lipinski definition) is 0. The van der Waals surface area contributed by atoms with Crippen LogP contribution in [-0.4, -0.2) is 15.0 Å². The van der Waals surface area contributed by atoms with Gasteiger partial charge in [-0.15, -0.1) is 0 Å². The molecule has 1 rings (SSSR count). The van der Waals surface area contributed by atoms with Gasteiger partial charge >= 0.3 is 0 Å². The Balaban J connectivity index is 0.00000484. The Bertz CT molecular complexity index is 474.